The van der Waals surface area contributed by atoms with Crippen molar-refractivity contribution < 1.29 is 13.5 Å². The van der Waals surface area contributed by atoms with Gasteiger partial charge >= 0.3 is 0 Å². The molecule has 5 heteroatoms. The lowest BCUT2D eigenvalue weighted by Gasteiger charge is -2.22. The first-order valence-corrected chi connectivity index (χ1v) is 11.1. The van der Waals surface area contributed by atoms with Crippen LogP contribution in [0.3, 0.4) is 0 Å². The van der Waals surface area contributed by atoms with E-state index < -0.39 is 32.3 Å². The number of hydrogen-bond acceptors (Lipinski definition) is 3. The highest BCUT2D eigenvalue weighted by Gasteiger charge is 2.34. The molecule has 0 aliphatic carbocycles. The zero-order valence-electron chi connectivity index (χ0n) is 15.2. The molecule has 3 atom stereocenters. The van der Waals surface area contributed by atoms with Crippen molar-refractivity contribution in [2.45, 2.75) is 34.3 Å². The van der Waals surface area contributed by atoms with Gasteiger partial charge in [-0.1, -0.05) is 65.7 Å². The summed E-state index contributed by atoms with van der Waals surface area (Å²) in [5.74, 6) is 0. The Balaban J connectivity index is 2.02. The van der Waals surface area contributed by atoms with Crippen molar-refractivity contribution in [3.8, 4) is 0 Å². The highest BCUT2D eigenvalue weighted by Crippen LogP contribution is 2.30. The molecule has 0 fully saturated rings. The Morgan fingerprint density at radius 3 is 1.48 bits per heavy atom. The molecule has 0 amide bonds. The number of aliphatic hydroxyl groups excluding tert-OH is 1. The molecule has 3 aromatic carbocycles. The van der Waals surface area contributed by atoms with Gasteiger partial charge in [0.05, 0.1) is 21.6 Å². The van der Waals surface area contributed by atoms with Crippen LogP contribution < -0.4 is 0 Å². The second-order valence-electron chi connectivity index (χ2n) is 6.44. The maximum absolute atomic E-state index is 13.3. The van der Waals surface area contributed by atoms with Gasteiger partial charge in [0.2, 0.25) is 0 Å². The molecule has 0 saturated carbocycles. The molecule has 0 saturated heterocycles. The molecule has 0 aliphatic rings. The average molecular weight is 399 g/mol. The SMILES string of the molecule is Cc1ccc(S(=O)C([C@@H](O)c2ccccc2)S(=O)c2ccc(C)cc2)cc1. The monoisotopic (exact) mass is 398 g/mol. The van der Waals surface area contributed by atoms with Gasteiger partial charge in [0, 0.05) is 9.79 Å². The molecule has 0 bridgehead atoms. The minimum absolute atomic E-state index is 0.557. The maximum atomic E-state index is 13.3. The fourth-order valence-corrected chi connectivity index (χ4v) is 6.16. The van der Waals surface area contributed by atoms with Crippen molar-refractivity contribution in [1.82, 2.24) is 0 Å². The number of benzene rings is 3. The van der Waals surface area contributed by atoms with E-state index in [4.69, 9.17) is 0 Å². The van der Waals surface area contributed by atoms with Crippen LogP contribution >= 0.6 is 0 Å². The van der Waals surface area contributed by atoms with E-state index in [1.54, 1.807) is 48.5 Å². The molecular formula is C22H22O3S2. The molecule has 3 rings (SSSR count). The summed E-state index contributed by atoms with van der Waals surface area (Å²) in [7, 11) is -3.29. The van der Waals surface area contributed by atoms with Crippen LogP contribution in [0.1, 0.15) is 22.8 Å². The zero-order chi connectivity index (χ0) is 19.4. The third-order valence-electron chi connectivity index (χ3n) is 4.33. The van der Waals surface area contributed by atoms with E-state index in [1.807, 2.05) is 44.2 Å². The van der Waals surface area contributed by atoms with Gasteiger partial charge in [0.15, 0.2) is 0 Å². The van der Waals surface area contributed by atoms with Gasteiger partial charge in [-0.15, -0.1) is 0 Å². The third-order valence-corrected chi connectivity index (χ3v) is 8.21. The quantitative estimate of drug-likeness (QED) is 0.674. The molecule has 27 heavy (non-hydrogen) atoms. The minimum atomic E-state index is -1.65. The Labute approximate surface area is 165 Å². The van der Waals surface area contributed by atoms with Crippen molar-refractivity contribution in [3.63, 3.8) is 0 Å². The fourth-order valence-electron chi connectivity index (χ4n) is 2.73. The van der Waals surface area contributed by atoms with E-state index in [-0.39, 0.29) is 0 Å². The van der Waals surface area contributed by atoms with Crippen LogP contribution in [0.25, 0.3) is 0 Å². The minimum Gasteiger partial charge on any atom is -0.386 e. The molecule has 0 aromatic heterocycles. The highest BCUT2D eigenvalue weighted by atomic mass is 32.2. The fraction of sp³-hybridized carbons (Fsp3) is 0.182. The number of aliphatic hydroxyl groups is 1. The molecule has 0 heterocycles. The molecule has 0 radical (unpaired) electrons. The summed E-state index contributed by atoms with van der Waals surface area (Å²) >= 11 is 0. The third kappa shape index (κ3) is 4.61. The van der Waals surface area contributed by atoms with Gasteiger partial charge in [-0.3, -0.25) is 8.42 Å². The van der Waals surface area contributed by atoms with Crippen molar-refractivity contribution in [2.24, 2.45) is 0 Å². The lowest BCUT2D eigenvalue weighted by Crippen LogP contribution is -2.29. The lowest BCUT2D eigenvalue weighted by atomic mass is 10.1. The Morgan fingerprint density at radius 1 is 0.667 bits per heavy atom. The van der Waals surface area contributed by atoms with Crippen molar-refractivity contribution in [1.29, 1.82) is 0 Å². The van der Waals surface area contributed by atoms with Crippen LogP contribution in [0.15, 0.2) is 88.7 Å². The number of aryl methyl sites for hydroxylation is 2. The largest absolute Gasteiger partial charge is 0.386 e. The Bertz CT molecular complexity index is 878. The molecular weight excluding hydrogens is 376 g/mol. The van der Waals surface area contributed by atoms with E-state index in [1.165, 1.54) is 0 Å². The average Bonchev–Trinajstić information content (AvgIpc) is 2.69. The molecule has 0 aliphatic heterocycles. The molecule has 1 N–H and O–H groups in total. The van der Waals surface area contributed by atoms with Crippen LogP contribution in [0, 0.1) is 13.8 Å². The van der Waals surface area contributed by atoms with Crippen LogP contribution in [0.5, 0.6) is 0 Å². The second kappa shape index (κ2) is 8.74. The van der Waals surface area contributed by atoms with E-state index in [0.717, 1.165) is 11.1 Å². The van der Waals surface area contributed by atoms with Crippen molar-refractivity contribution in [2.75, 3.05) is 0 Å². The Morgan fingerprint density at radius 2 is 1.07 bits per heavy atom. The second-order valence-corrected chi connectivity index (χ2v) is 9.89. The first-order chi connectivity index (χ1) is 13.0. The topological polar surface area (TPSA) is 54.4 Å². The smallest absolute Gasteiger partial charge is 0.149 e. The maximum Gasteiger partial charge on any atom is 0.149 e. The standard InChI is InChI=1S/C22H22O3S2/c1-16-8-12-19(13-9-16)26(24)22(21(23)18-6-4-3-5-7-18)27(25)20-14-10-17(2)11-15-20/h3-15,21-23H,1-2H3/t21-,22?,26?,27?/m0/s1. The van der Waals surface area contributed by atoms with Crippen LogP contribution in [-0.2, 0) is 21.6 Å². The normalized spacial score (nSPS) is 15.7. The number of rotatable bonds is 6. The summed E-state index contributed by atoms with van der Waals surface area (Å²) in [5.41, 5.74) is 2.70. The first kappa shape index (κ1) is 19.7. The summed E-state index contributed by atoms with van der Waals surface area (Å²) in [6.45, 7) is 3.90. The summed E-state index contributed by atoms with van der Waals surface area (Å²) < 4.78 is 25.6. The molecule has 0 spiro atoms. The Kier molecular flexibility index (Phi) is 6.37. The van der Waals surface area contributed by atoms with E-state index in [9.17, 15) is 13.5 Å². The highest BCUT2D eigenvalue weighted by molar-refractivity contribution is 8.03. The lowest BCUT2D eigenvalue weighted by molar-refractivity contribution is 0.193. The van der Waals surface area contributed by atoms with E-state index in [0.29, 0.717) is 15.4 Å². The van der Waals surface area contributed by atoms with Gasteiger partial charge in [-0.05, 0) is 43.7 Å². The van der Waals surface area contributed by atoms with E-state index in [2.05, 4.69) is 0 Å². The van der Waals surface area contributed by atoms with Gasteiger partial charge < -0.3 is 5.11 Å². The first-order valence-electron chi connectivity index (χ1n) is 8.65. The van der Waals surface area contributed by atoms with Gasteiger partial charge in [-0.2, -0.15) is 0 Å². The summed E-state index contributed by atoms with van der Waals surface area (Å²) in [5, 5.41) is 11.0. The van der Waals surface area contributed by atoms with Crippen molar-refractivity contribution in [3.05, 3.63) is 95.6 Å². The summed E-state index contributed by atoms with van der Waals surface area (Å²) in [4.78, 5) is 1.11. The van der Waals surface area contributed by atoms with Crippen LogP contribution in [-0.4, -0.2) is 18.1 Å². The van der Waals surface area contributed by atoms with Crippen molar-refractivity contribution >= 4 is 21.6 Å². The van der Waals surface area contributed by atoms with Gasteiger partial charge in [0.25, 0.3) is 0 Å². The molecule has 3 aromatic rings. The molecule has 140 valence electrons. The zero-order valence-corrected chi connectivity index (χ0v) is 16.9. The predicted octanol–water partition coefficient (Wildman–Crippen LogP) is 4.28. The van der Waals surface area contributed by atoms with Gasteiger partial charge in [-0.25, -0.2) is 0 Å². The predicted molar refractivity (Wildman–Crippen MR) is 110 cm³/mol. The van der Waals surface area contributed by atoms with E-state index >= 15 is 0 Å². The number of hydrogen-bond donors (Lipinski definition) is 1. The van der Waals surface area contributed by atoms with Crippen LogP contribution in [0.2, 0.25) is 0 Å². The summed E-state index contributed by atoms with van der Waals surface area (Å²) in [6, 6.07) is 23.5. The van der Waals surface area contributed by atoms with Gasteiger partial charge in [0.1, 0.15) is 10.7 Å². The van der Waals surface area contributed by atoms with Crippen LogP contribution in [0.4, 0.5) is 0 Å². The Hall–Kier alpha value is -2.08. The summed E-state index contributed by atoms with van der Waals surface area (Å²) in [6.07, 6.45) is -1.12. The molecule has 3 nitrogen and oxygen atoms in total. The molecule has 2 unspecified atom stereocenters.